The Morgan fingerprint density at radius 2 is 1.78 bits per heavy atom. The highest BCUT2D eigenvalue weighted by molar-refractivity contribution is 7.89. The van der Waals surface area contributed by atoms with Crippen LogP contribution < -0.4 is 10.2 Å². The molecule has 2 heterocycles. The normalized spacial score (nSPS) is 20.2. The molecule has 1 amide bonds. The van der Waals surface area contributed by atoms with Gasteiger partial charge in [0, 0.05) is 36.9 Å². The van der Waals surface area contributed by atoms with Gasteiger partial charge in [-0.3, -0.25) is 4.79 Å². The third-order valence-corrected chi connectivity index (χ3v) is 8.05. The fourth-order valence-corrected chi connectivity index (χ4v) is 5.89. The summed E-state index contributed by atoms with van der Waals surface area (Å²) in [5.74, 6) is -0.847. The van der Waals surface area contributed by atoms with Gasteiger partial charge in [0.25, 0.3) is 5.91 Å². The van der Waals surface area contributed by atoms with Gasteiger partial charge < -0.3 is 15.0 Å². The number of anilines is 2. The molecule has 2 aliphatic heterocycles. The van der Waals surface area contributed by atoms with Crippen molar-refractivity contribution < 1.29 is 22.3 Å². The highest BCUT2D eigenvalue weighted by atomic mass is 32.2. The average molecular weight is 462 g/mol. The number of halogens is 1. The van der Waals surface area contributed by atoms with Crippen LogP contribution >= 0.6 is 0 Å². The van der Waals surface area contributed by atoms with Gasteiger partial charge in [0.1, 0.15) is 5.82 Å². The van der Waals surface area contributed by atoms with E-state index in [4.69, 9.17) is 4.74 Å². The number of amides is 1. The summed E-state index contributed by atoms with van der Waals surface area (Å²) in [6, 6.07) is 10.4. The van der Waals surface area contributed by atoms with Crippen molar-refractivity contribution in [3.05, 3.63) is 53.8 Å². The third-order valence-electron chi connectivity index (χ3n) is 6.02. The fourth-order valence-electron chi connectivity index (χ4n) is 4.19. The van der Waals surface area contributed by atoms with E-state index in [1.807, 2.05) is 11.8 Å². The monoisotopic (exact) mass is 461 g/mol. The molecule has 32 heavy (non-hydrogen) atoms. The second-order valence-corrected chi connectivity index (χ2v) is 10.1. The van der Waals surface area contributed by atoms with Crippen LogP contribution in [0.1, 0.15) is 36.5 Å². The van der Waals surface area contributed by atoms with Crippen LogP contribution in [0, 0.1) is 5.82 Å². The first kappa shape index (κ1) is 22.7. The predicted molar refractivity (Wildman–Crippen MR) is 121 cm³/mol. The molecular formula is C23H28FN3O4S. The van der Waals surface area contributed by atoms with Crippen molar-refractivity contribution in [3.8, 4) is 0 Å². The van der Waals surface area contributed by atoms with E-state index in [1.54, 1.807) is 12.1 Å². The molecule has 2 aliphatic rings. The summed E-state index contributed by atoms with van der Waals surface area (Å²) in [4.78, 5) is 14.7. The number of morpholine rings is 1. The van der Waals surface area contributed by atoms with E-state index in [1.165, 1.54) is 34.6 Å². The van der Waals surface area contributed by atoms with Crippen molar-refractivity contribution in [2.75, 3.05) is 43.1 Å². The maximum Gasteiger partial charge on any atom is 0.255 e. The molecule has 1 N–H and O–H groups in total. The molecule has 2 aromatic carbocycles. The summed E-state index contributed by atoms with van der Waals surface area (Å²) in [6.07, 6.45) is 2.73. The molecule has 0 aromatic heterocycles. The molecule has 1 unspecified atom stereocenters. The predicted octanol–water partition coefficient (Wildman–Crippen LogP) is 3.48. The van der Waals surface area contributed by atoms with E-state index in [-0.39, 0.29) is 10.9 Å². The van der Waals surface area contributed by atoms with E-state index in [0.717, 1.165) is 19.3 Å². The molecule has 7 nitrogen and oxygen atoms in total. The number of hydrogen-bond donors (Lipinski definition) is 1. The topological polar surface area (TPSA) is 79.0 Å². The lowest BCUT2D eigenvalue weighted by atomic mass is 10.1. The van der Waals surface area contributed by atoms with Gasteiger partial charge in [-0.2, -0.15) is 4.31 Å². The number of rotatable bonds is 5. The van der Waals surface area contributed by atoms with Gasteiger partial charge in [0.15, 0.2) is 0 Å². The molecule has 2 fully saturated rings. The summed E-state index contributed by atoms with van der Waals surface area (Å²) >= 11 is 0. The minimum Gasteiger partial charge on any atom is -0.378 e. The molecule has 0 aliphatic carbocycles. The van der Waals surface area contributed by atoms with Crippen LogP contribution in [0.3, 0.4) is 0 Å². The smallest absolute Gasteiger partial charge is 0.255 e. The van der Waals surface area contributed by atoms with Crippen LogP contribution in [0.25, 0.3) is 0 Å². The van der Waals surface area contributed by atoms with Crippen molar-refractivity contribution >= 4 is 27.3 Å². The minimum atomic E-state index is -3.60. The van der Waals surface area contributed by atoms with Crippen LogP contribution in [0.4, 0.5) is 15.8 Å². The van der Waals surface area contributed by atoms with Gasteiger partial charge >= 0.3 is 0 Å². The van der Waals surface area contributed by atoms with Gasteiger partial charge in [-0.05, 0) is 62.2 Å². The Bertz CT molecular complexity index is 1070. The van der Waals surface area contributed by atoms with Crippen molar-refractivity contribution in [2.45, 2.75) is 37.1 Å². The van der Waals surface area contributed by atoms with E-state index < -0.39 is 21.7 Å². The molecule has 4 rings (SSSR count). The number of nitrogens with one attached hydrogen (secondary N) is 1. The fraction of sp³-hybridized carbons (Fsp3) is 0.435. The Morgan fingerprint density at radius 3 is 2.44 bits per heavy atom. The van der Waals surface area contributed by atoms with Gasteiger partial charge in [0.05, 0.1) is 23.8 Å². The van der Waals surface area contributed by atoms with Gasteiger partial charge in [-0.1, -0.05) is 6.42 Å². The summed E-state index contributed by atoms with van der Waals surface area (Å²) in [7, 11) is -3.60. The third kappa shape index (κ3) is 4.79. The first-order valence-corrected chi connectivity index (χ1v) is 12.4. The summed E-state index contributed by atoms with van der Waals surface area (Å²) in [6.45, 7) is 4.78. The largest absolute Gasteiger partial charge is 0.378 e. The van der Waals surface area contributed by atoms with Crippen LogP contribution in [0.2, 0.25) is 0 Å². The minimum absolute atomic E-state index is 0.0351. The number of hydrogen-bond acceptors (Lipinski definition) is 5. The summed E-state index contributed by atoms with van der Waals surface area (Å²) in [5.41, 5.74) is 1.12. The number of piperidine rings is 1. The second-order valence-electron chi connectivity index (χ2n) is 8.20. The van der Waals surface area contributed by atoms with E-state index in [9.17, 15) is 17.6 Å². The van der Waals surface area contributed by atoms with Crippen LogP contribution in [0.15, 0.2) is 47.4 Å². The zero-order valence-electron chi connectivity index (χ0n) is 18.1. The van der Waals surface area contributed by atoms with Gasteiger partial charge in [-0.15, -0.1) is 0 Å². The van der Waals surface area contributed by atoms with Gasteiger partial charge in [0.2, 0.25) is 10.0 Å². The molecule has 2 saturated heterocycles. The number of benzene rings is 2. The Morgan fingerprint density at radius 1 is 1.06 bits per heavy atom. The Labute approximate surface area is 188 Å². The zero-order valence-corrected chi connectivity index (χ0v) is 18.9. The first-order valence-electron chi connectivity index (χ1n) is 10.9. The van der Waals surface area contributed by atoms with Crippen molar-refractivity contribution in [2.24, 2.45) is 0 Å². The summed E-state index contributed by atoms with van der Waals surface area (Å²) in [5, 5.41) is 2.68. The number of ether oxygens (including phenoxy) is 1. The Kier molecular flexibility index (Phi) is 6.78. The molecule has 0 radical (unpaired) electrons. The SMILES string of the molecule is CC1CCCCN1S(=O)(=O)c1ccc(C(=O)Nc2ccc(N3CCOCC3)c(F)c2)cc1. The molecule has 0 bridgehead atoms. The standard InChI is InChI=1S/C23H28FN3O4S/c1-17-4-2-3-11-27(17)32(29,30)20-8-5-18(6-9-20)23(28)25-19-7-10-22(21(24)16-19)26-12-14-31-15-13-26/h5-10,16-17H,2-4,11-15H2,1H3,(H,25,28). The number of carbonyl (C=O) groups excluding carboxylic acids is 1. The molecule has 9 heteroatoms. The maximum atomic E-state index is 14.6. The molecule has 172 valence electrons. The molecule has 2 aromatic rings. The van der Waals surface area contributed by atoms with Crippen molar-refractivity contribution in [1.82, 2.24) is 4.31 Å². The molecule has 0 saturated carbocycles. The quantitative estimate of drug-likeness (QED) is 0.738. The lowest BCUT2D eigenvalue weighted by Crippen LogP contribution is -2.41. The van der Waals surface area contributed by atoms with E-state index >= 15 is 0 Å². The molecule has 1 atom stereocenters. The highest BCUT2D eigenvalue weighted by Gasteiger charge is 2.31. The number of nitrogens with zero attached hydrogens (tertiary/aromatic N) is 2. The maximum absolute atomic E-state index is 14.6. The van der Waals surface area contributed by atoms with E-state index in [2.05, 4.69) is 5.32 Å². The molecular weight excluding hydrogens is 433 g/mol. The second kappa shape index (κ2) is 9.56. The Hall–Kier alpha value is -2.49. The van der Waals surface area contributed by atoms with Gasteiger partial charge in [-0.25, -0.2) is 12.8 Å². The van der Waals surface area contributed by atoms with Crippen LogP contribution in [-0.2, 0) is 14.8 Å². The number of sulfonamides is 1. The van der Waals surface area contributed by atoms with E-state index in [0.29, 0.717) is 49.8 Å². The average Bonchev–Trinajstić information content (AvgIpc) is 2.80. The highest BCUT2D eigenvalue weighted by Crippen LogP contribution is 2.26. The number of carbonyl (C=O) groups is 1. The van der Waals surface area contributed by atoms with Crippen molar-refractivity contribution in [3.63, 3.8) is 0 Å². The van der Waals surface area contributed by atoms with Crippen LogP contribution in [-0.4, -0.2) is 57.5 Å². The Balaban J connectivity index is 1.44. The summed E-state index contributed by atoms with van der Waals surface area (Å²) < 4.78 is 47.3. The lowest BCUT2D eigenvalue weighted by molar-refractivity contribution is 0.102. The van der Waals surface area contributed by atoms with Crippen molar-refractivity contribution in [1.29, 1.82) is 0 Å². The van der Waals surface area contributed by atoms with Crippen LogP contribution in [0.5, 0.6) is 0 Å². The zero-order chi connectivity index (χ0) is 22.7. The molecule has 0 spiro atoms. The first-order chi connectivity index (χ1) is 15.4. The lowest BCUT2D eigenvalue weighted by Gasteiger charge is -2.32.